The van der Waals surface area contributed by atoms with E-state index in [4.69, 9.17) is 10.3 Å². The molecule has 0 aliphatic rings. The molecule has 0 bridgehead atoms. The summed E-state index contributed by atoms with van der Waals surface area (Å²) in [5.41, 5.74) is 8.38. The van der Waals surface area contributed by atoms with Gasteiger partial charge in [-0.3, -0.25) is 4.98 Å². The summed E-state index contributed by atoms with van der Waals surface area (Å²) in [6.07, 6.45) is 3.48. The Kier molecular flexibility index (Phi) is 3.29. The van der Waals surface area contributed by atoms with E-state index in [-0.39, 0.29) is 0 Å². The van der Waals surface area contributed by atoms with Gasteiger partial charge >= 0.3 is 0 Å². The van der Waals surface area contributed by atoms with Gasteiger partial charge in [-0.2, -0.15) is 4.98 Å². The van der Waals surface area contributed by atoms with Gasteiger partial charge in [0.15, 0.2) is 0 Å². The number of thiazole rings is 1. The lowest BCUT2D eigenvalue weighted by Gasteiger charge is -1.97. The minimum absolute atomic E-state index is 0.413. The van der Waals surface area contributed by atoms with Gasteiger partial charge < -0.3 is 10.3 Å². The number of aromatic nitrogens is 4. The molecule has 0 aromatic carbocycles. The van der Waals surface area contributed by atoms with E-state index in [9.17, 15) is 0 Å². The van der Waals surface area contributed by atoms with Gasteiger partial charge in [0.1, 0.15) is 9.88 Å². The molecule has 0 amide bonds. The van der Waals surface area contributed by atoms with Crippen molar-refractivity contribution >= 4 is 11.3 Å². The van der Waals surface area contributed by atoms with Crippen LogP contribution in [0.4, 0.5) is 0 Å². The van der Waals surface area contributed by atoms with E-state index in [1.807, 2.05) is 19.9 Å². The second kappa shape index (κ2) is 5.10. The van der Waals surface area contributed by atoms with Crippen LogP contribution in [0.25, 0.3) is 22.2 Å². The first-order valence-electron chi connectivity index (χ1n) is 6.10. The van der Waals surface area contributed by atoms with Crippen LogP contribution in [-0.4, -0.2) is 20.1 Å². The van der Waals surface area contributed by atoms with Crippen molar-refractivity contribution in [1.82, 2.24) is 20.1 Å². The fourth-order valence-corrected chi connectivity index (χ4v) is 2.75. The first-order chi connectivity index (χ1) is 9.69. The zero-order chi connectivity index (χ0) is 14.1. The highest BCUT2D eigenvalue weighted by Crippen LogP contribution is 2.30. The van der Waals surface area contributed by atoms with E-state index in [2.05, 4.69) is 20.1 Å². The van der Waals surface area contributed by atoms with Gasteiger partial charge in [-0.15, -0.1) is 11.3 Å². The van der Waals surface area contributed by atoms with Gasteiger partial charge in [-0.05, 0) is 25.5 Å². The van der Waals surface area contributed by atoms with Crippen LogP contribution in [0, 0.1) is 13.8 Å². The second-order valence-corrected chi connectivity index (χ2v) is 5.42. The van der Waals surface area contributed by atoms with Gasteiger partial charge in [0.25, 0.3) is 5.89 Å². The number of nitrogens with zero attached hydrogens (tertiary/aromatic N) is 4. The highest BCUT2D eigenvalue weighted by Gasteiger charge is 2.17. The van der Waals surface area contributed by atoms with Gasteiger partial charge in [-0.25, -0.2) is 4.98 Å². The monoisotopic (exact) mass is 287 g/mol. The lowest BCUT2D eigenvalue weighted by Crippen LogP contribution is -1.94. The molecule has 6 nitrogen and oxygen atoms in total. The minimum Gasteiger partial charge on any atom is -0.333 e. The maximum absolute atomic E-state index is 5.60. The van der Waals surface area contributed by atoms with Crippen LogP contribution < -0.4 is 5.73 Å². The van der Waals surface area contributed by atoms with Crippen molar-refractivity contribution in [3.05, 3.63) is 34.7 Å². The molecule has 7 heteroatoms. The Morgan fingerprint density at radius 2 is 2.15 bits per heavy atom. The standard InChI is InChI=1S/C13H13N5OS/c1-7-6-15-4-3-9(7)12-17-13(19-18-12)11-8(2)16-10(5-14)20-11/h3-4,6H,5,14H2,1-2H3. The van der Waals surface area contributed by atoms with Crippen LogP contribution in [0.2, 0.25) is 0 Å². The van der Waals surface area contributed by atoms with Gasteiger partial charge in [0, 0.05) is 24.5 Å². The Balaban J connectivity index is 2.02. The summed E-state index contributed by atoms with van der Waals surface area (Å²) < 4.78 is 5.35. The van der Waals surface area contributed by atoms with Crippen LogP contribution in [0.1, 0.15) is 16.3 Å². The summed E-state index contributed by atoms with van der Waals surface area (Å²) in [4.78, 5) is 13.7. The molecule has 0 aliphatic carbocycles. The van der Waals surface area contributed by atoms with Crippen molar-refractivity contribution < 1.29 is 4.52 Å². The predicted molar refractivity (Wildman–Crippen MR) is 76.0 cm³/mol. The molecular formula is C13H13N5OS. The molecule has 3 rings (SSSR count). The topological polar surface area (TPSA) is 90.7 Å². The van der Waals surface area contributed by atoms with Crippen LogP contribution >= 0.6 is 11.3 Å². The van der Waals surface area contributed by atoms with Crippen molar-refractivity contribution in [3.63, 3.8) is 0 Å². The van der Waals surface area contributed by atoms with E-state index in [1.165, 1.54) is 11.3 Å². The van der Waals surface area contributed by atoms with E-state index in [1.54, 1.807) is 12.4 Å². The van der Waals surface area contributed by atoms with Gasteiger partial charge in [0.2, 0.25) is 5.82 Å². The number of nitrogens with two attached hydrogens (primary N) is 1. The van der Waals surface area contributed by atoms with Crippen LogP contribution in [0.3, 0.4) is 0 Å². The van der Waals surface area contributed by atoms with Crippen LogP contribution in [-0.2, 0) is 6.54 Å². The average Bonchev–Trinajstić information content (AvgIpc) is 3.05. The van der Waals surface area contributed by atoms with Crippen molar-refractivity contribution in [2.24, 2.45) is 5.73 Å². The molecule has 2 N–H and O–H groups in total. The number of hydrogen-bond acceptors (Lipinski definition) is 7. The Morgan fingerprint density at radius 3 is 2.85 bits per heavy atom. The maximum atomic E-state index is 5.60. The molecule has 3 aromatic rings. The summed E-state index contributed by atoms with van der Waals surface area (Å²) in [7, 11) is 0. The van der Waals surface area contributed by atoms with Gasteiger partial charge in [0.05, 0.1) is 5.69 Å². The molecule has 0 unspecified atom stereocenters. The highest BCUT2D eigenvalue weighted by atomic mass is 32.1. The average molecular weight is 287 g/mol. The number of pyridine rings is 1. The third-order valence-corrected chi connectivity index (χ3v) is 4.06. The summed E-state index contributed by atoms with van der Waals surface area (Å²) in [6, 6.07) is 1.87. The quantitative estimate of drug-likeness (QED) is 0.795. The van der Waals surface area contributed by atoms with Crippen LogP contribution in [0.15, 0.2) is 23.0 Å². The smallest absolute Gasteiger partial charge is 0.270 e. The SMILES string of the molecule is Cc1cnccc1-c1noc(-c2sc(CN)nc2C)n1. The van der Waals surface area contributed by atoms with E-state index in [0.29, 0.717) is 18.3 Å². The maximum Gasteiger partial charge on any atom is 0.270 e. The molecule has 0 fully saturated rings. The summed E-state index contributed by atoms with van der Waals surface area (Å²) in [5.74, 6) is 1.04. The molecule has 0 saturated heterocycles. The van der Waals surface area contributed by atoms with Crippen molar-refractivity contribution in [2.45, 2.75) is 20.4 Å². The lowest BCUT2D eigenvalue weighted by atomic mass is 10.1. The Labute approximate surface area is 119 Å². The number of hydrogen-bond donors (Lipinski definition) is 1. The van der Waals surface area contributed by atoms with E-state index in [0.717, 1.165) is 26.7 Å². The Hall–Kier alpha value is -2.12. The van der Waals surface area contributed by atoms with Crippen LogP contribution in [0.5, 0.6) is 0 Å². The zero-order valence-electron chi connectivity index (χ0n) is 11.1. The van der Waals surface area contributed by atoms with Gasteiger partial charge in [-0.1, -0.05) is 5.16 Å². The third-order valence-electron chi connectivity index (χ3n) is 2.90. The lowest BCUT2D eigenvalue weighted by molar-refractivity contribution is 0.433. The summed E-state index contributed by atoms with van der Waals surface area (Å²) in [6.45, 7) is 4.28. The van der Waals surface area contributed by atoms with E-state index < -0.39 is 0 Å². The molecule has 0 spiro atoms. The number of aryl methyl sites for hydroxylation is 2. The summed E-state index contributed by atoms with van der Waals surface area (Å²) in [5, 5.41) is 4.89. The fraction of sp³-hybridized carbons (Fsp3) is 0.231. The Morgan fingerprint density at radius 1 is 1.30 bits per heavy atom. The first-order valence-corrected chi connectivity index (χ1v) is 6.92. The molecule has 0 radical (unpaired) electrons. The number of rotatable bonds is 3. The molecule has 0 aliphatic heterocycles. The third kappa shape index (κ3) is 2.21. The normalized spacial score (nSPS) is 10.9. The largest absolute Gasteiger partial charge is 0.333 e. The molecule has 3 heterocycles. The van der Waals surface area contributed by atoms with E-state index >= 15 is 0 Å². The highest BCUT2D eigenvalue weighted by molar-refractivity contribution is 7.15. The summed E-state index contributed by atoms with van der Waals surface area (Å²) >= 11 is 1.48. The second-order valence-electron chi connectivity index (χ2n) is 4.34. The zero-order valence-corrected chi connectivity index (χ0v) is 11.9. The fourth-order valence-electron chi connectivity index (χ4n) is 1.89. The molecule has 102 valence electrons. The molecule has 0 saturated carbocycles. The molecule has 20 heavy (non-hydrogen) atoms. The predicted octanol–water partition coefficient (Wildman–Crippen LogP) is 2.33. The minimum atomic E-state index is 0.413. The molecule has 3 aromatic heterocycles. The van der Waals surface area contributed by atoms with Crippen molar-refractivity contribution in [3.8, 4) is 22.2 Å². The first kappa shape index (κ1) is 12.9. The Bertz CT molecular complexity index is 749. The molecule has 0 atom stereocenters. The van der Waals surface area contributed by atoms with Crippen molar-refractivity contribution in [1.29, 1.82) is 0 Å². The van der Waals surface area contributed by atoms with Crippen molar-refractivity contribution in [2.75, 3.05) is 0 Å². The molecular weight excluding hydrogens is 274 g/mol.